The minimum atomic E-state index is 0.214. The molecule has 0 spiro atoms. The molecule has 1 fully saturated rings. The molecule has 2 aromatic carbocycles. The molecule has 2 aromatic rings. The second-order valence-corrected chi connectivity index (χ2v) is 8.38. The molecule has 2 aliphatic rings. The number of fused-ring (bicyclic) bond motifs is 1. The first-order chi connectivity index (χ1) is 15.2. The molecule has 1 saturated heterocycles. The molecule has 0 radical (unpaired) electrons. The molecule has 0 N–H and O–H groups in total. The number of carbonyl (C=O) groups is 1. The number of carbonyl (C=O) groups excluding carboxylic acids is 1. The molecule has 0 aliphatic carbocycles. The highest BCUT2D eigenvalue weighted by Crippen LogP contribution is 2.28. The highest BCUT2D eigenvalue weighted by molar-refractivity contribution is 5.96. The predicted molar refractivity (Wildman–Crippen MR) is 121 cm³/mol. The van der Waals surface area contributed by atoms with E-state index in [1.165, 1.54) is 5.56 Å². The van der Waals surface area contributed by atoms with Gasteiger partial charge in [0.05, 0.1) is 27.4 Å². The lowest BCUT2D eigenvalue weighted by molar-refractivity contribution is -0.120. The number of benzene rings is 2. The van der Waals surface area contributed by atoms with Crippen LogP contribution in [0.25, 0.3) is 0 Å². The van der Waals surface area contributed by atoms with Gasteiger partial charge < -0.3 is 19.1 Å². The number of rotatable bonds is 8. The van der Waals surface area contributed by atoms with Crippen LogP contribution in [-0.2, 0) is 22.6 Å². The third kappa shape index (κ3) is 5.38. The van der Waals surface area contributed by atoms with Crippen LogP contribution >= 0.6 is 0 Å². The van der Waals surface area contributed by atoms with Crippen LogP contribution in [0.1, 0.15) is 24.0 Å². The van der Waals surface area contributed by atoms with Crippen LogP contribution in [0.4, 0.5) is 5.69 Å². The van der Waals surface area contributed by atoms with Gasteiger partial charge in [-0.2, -0.15) is 0 Å². The fraction of sp³-hybridized carbons (Fsp3) is 0.480. The highest BCUT2D eigenvalue weighted by Gasteiger charge is 2.27. The van der Waals surface area contributed by atoms with Crippen molar-refractivity contribution in [3.05, 3.63) is 53.6 Å². The van der Waals surface area contributed by atoms with Crippen LogP contribution in [0.2, 0.25) is 0 Å². The largest absolute Gasteiger partial charge is 0.497 e. The molecule has 0 aromatic heterocycles. The minimum absolute atomic E-state index is 0.214. The van der Waals surface area contributed by atoms with Crippen LogP contribution in [0.15, 0.2) is 42.5 Å². The Morgan fingerprint density at radius 1 is 1.00 bits per heavy atom. The molecule has 1 amide bonds. The average Bonchev–Trinajstić information content (AvgIpc) is 3.24. The zero-order valence-corrected chi connectivity index (χ0v) is 18.5. The van der Waals surface area contributed by atoms with Gasteiger partial charge in [-0.15, -0.1) is 0 Å². The Morgan fingerprint density at radius 3 is 2.42 bits per heavy atom. The molecule has 166 valence electrons. The van der Waals surface area contributed by atoms with Crippen molar-refractivity contribution < 1.29 is 19.0 Å². The van der Waals surface area contributed by atoms with Gasteiger partial charge in [-0.1, -0.05) is 18.2 Å². The third-order valence-electron chi connectivity index (χ3n) is 6.29. The summed E-state index contributed by atoms with van der Waals surface area (Å²) >= 11 is 0. The molecule has 4 rings (SSSR count). The summed E-state index contributed by atoms with van der Waals surface area (Å²) < 4.78 is 16.6. The minimum Gasteiger partial charge on any atom is -0.497 e. The molecule has 6 heteroatoms. The van der Waals surface area contributed by atoms with Crippen molar-refractivity contribution in [3.8, 4) is 11.5 Å². The van der Waals surface area contributed by atoms with Crippen LogP contribution in [-0.4, -0.2) is 57.8 Å². The first kappa shape index (κ1) is 21.7. The van der Waals surface area contributed by atoms with Crippen molar-refractivity contribution >= 4 is 11.6 Å². The summed E-state index contributed by atoms with van der Waals surface area (Å²) in [4.78, 5) is 17.1. The number of piperidine rings is 1. The van der Waals surface area contributed by atoms with Crippen molar-refractivity contribution in [2.75, 3.05) is 51.9 Å². The SMILES string of the molecule is COc1cc(COCC2CCN(CC(=O)N3CCc4ccccc43)CC2)cc(OC)c1. The van der Waals surface area contributed by atoms with Gasteiger partial charge in [-0.25, -0.2) is 0 Å². The van der Waals surface area contributed by atoms with E-state index in [1.807, 2.05) is 35.2 Å². The molecule has 6 nitrogen and oxygen atoms in total. The maximum absolute atomic E-state index is 12.8. The van der Waals surface area contributed by atoms with E-state index in [0.717, 1.165) is 68.3 Å². The zero-order chi connectivity index (χ0) is 21.6. The summed E-state index contributed by atoms with van der Waals surface area (Å²) in [6.45, 7) is 4.48. The monoisotopic (exact) mass is 424 g/mol. The number of methoxy groups -OCH3 is 2. The van der Waals surface area contributed by atoms with E-state index in [0.29, 0.717) is 19.1 Å². The molecule has 0 unspecified atom stereocenters. The van der Waals surface area contributed by atoms with Gasteiger partial charge in [0.1, 0.15) is 11.5 Å². The van der Waals surface area contributed by atoms with Gasteiger partial charge >= 0.3 is 0 Å². The summed E-state index contributed by atoms with van der Waals surface area (Å²) in [6, 6.07) is 14.1. The number of hydrogen-bond donors (Lipinski definition) is 0. The zero-order valence-electron chi connectivity index (χ0n) is 18.5. The molecule has 0 saturated carbocycles. The van der Waals surface area contributed by atoms with Crippen molar-refractivity contribution in [1.82, 2.24) is 4.90 Å². The van der Waals surface area contributed by atoms with Crippen molar-refractivity contribution in [3.63, 3.8) is 0 Å². The Kier molecular flexibility index (Phi) is 7.10. The van der Waals surface area contributed by atoms with Crippen molar-refractivity contribution in [1.29, 1.82) is 0 Å². The second kappa shape index (κ2) is 10.2. The number of para-hydroxylation sites is 1. The Hall–Kier alpha value is -2.57. The lowest BCUT2D eigenvalue weighted by Crippen LogP contribution is -2.43. The number of nitrogens with zero attached hydrogens (tertiary/aromatic N) is 2. The number of likely N-dealkylation sites (tertiary alicyclic amines) is 1. The Bertz CT molecular complexity index is 871. The third-order valence-corrected chi connectivity index (χ3v) is 6.29. The van der Waals surface area contributed by atoms with Gasteiger partial charge in [0.15, 0.2) is 0 Å². The Balaban J connectivity index is 1.20. The molecule has 0 atom stereocenters. The summed E-state index contributed by atoms with van der Waals surface area (Å²) in [5.74, 6) is 2.30. The van der Waals surface area contributed by atoms with Gasteiger partial charge in [0, 0.05) is 24.9 Å². The number of amides is 1. The number of hydrogen-bond acceptors (Lipinski definition) is 5. The van der Waals surface area contributed by atoms with E-state index in [9.17, 15) is 4.79 Å². The summed E-state index contributed by atoms with van der Waals surface area (Å²) in [5.41, 5.74) is 3.41. The van der Waals surface area contributed by atoms with Crippen LogP contribution in [0.5, 0.6) is 11.5 Å². The molecular formula is C25H32N2O4. The lowest BCUT2D eigenvalue weighted by Gasteiger charge is -2.32. The lowest BCUT2D eigenvalue weighted by atomic mass is 9.98. The fourth-order valence-corrected chi connectivity index (χ4v) is 4.48. The van der Waals surface area contributed by atoms with Crippen LogP contribution in [0.3, 0.4) is 0 Å². The van der Waals surface area contributed by atoms with E-state index >= 15 is 0 Å². The quantitative estimate of drug-likeness (QED) is 0.649. The van der Waals surface area contributed by atoms with E-state index in [4.69, 9.17) is 14.2 Å². The predicted octanol–water partition coefficient (Wildman–Crippen LogP) is 3.52. The molecule has 2 aliphatic heterocycles. The fourth-order valence-electron chi connectivity index (χ4n) is 4.48. The van der Waals surface area contributed by atoms with Gasteiger partial charge in [-0.3, -0.25) is 9.69 Å². The van der Waals surface area contributed by atoms with Gasteiger partial charge in [0.2, 0.25) is 5.91 Å². The number of ether oxygens (including phenoxy) is 3. The van der Waals surface area contributed by atoms with Crippen molar-refractivity contribution in [2.24, 2.45) is 5.92 Å². The van der Waals surface area contributed by atoms with Crippen LogP contribution in [0, 0.1) is 5.92 Å². The van der Waals surface area contributed by atoms with Gasteiger partial charge in [0.25, 0.3) is 0 Å². The smallest absolute Gasteiger partial charge is 0.241 e. The van der Waals surface area contributed by atoms with E-state index < -0.39 is 0 Å². The second-order valence-electron chi connectivity index (χ2n) is 8.38. The normalized spacial score (nSPS) is 16.9. The highest BCUT2D eigenvalue weighted by atomic mass is 16.5. The summed E-state index contributed by atoms with van der Waals surface area (Å²) in [6.07, 6.45) is 3.08. The molecule has 2 heterocycles. The topological polar surface area (TPSA) is 51.2 Å². The average molecular weight is 425 g/mol. The first-order valence-corrected chi connectivity index (χ1v) is 11.1. The summed E-state index contributed by atoms with van der Waals surface area (Å²) in [5, 5.41) is 0. The first-order valence-electron chi connectivity index (χ1n) is 11.1. The van der Waals surface area contributed by atoms with Gasteiger partial charge in [-0.05, 0) is 67.6 Å². The summed E-state index contributed by atoms with van der Waals surface area (Å²) in [7, 11) is 3.31. The Labute approximate surface area is 184 Å². The standard InChI is InChI=1S/C25H32N2O4/c1-29-22-13-20(14-23(15-22)30-2)18-31-17-19-7-10-26(11-8-19)16-25(28)27-12-9-21-5-3-4-6-24(21)27/h3-6,13-15,19H,7-12,16-18H2,1-2H3. The Morgan fingerprint density at radius 2 is 1.71 bits per heavy atom. The molecule has 0 bridgehead atoms. The maximum Gasteiger partial charge on any atom is 0.241 e. The van der Waals surface area contributed by atoms with E-state index in [1.54, 1.807) is 14.2 Å². The maximum atomic E-state index is 12.8. The van der Waals surface area contributed by atoms with E-state index in [2.05, 4.69) is 17.0 Å². The van der Waals surface area contributed by atoms with Crippen molar-refractivity contribution in [2.45, 2.75) is 25.9 Å². The molecule has 31 heavy (non-hydrogen) atoms. The van der Waals surface area contributed by atoms with Crippen LogP contribution < -0.4 is 14.4 Å². The number of anilines is 1. The van der Waals surface area contributed by atoms with E-state index in [-0.39, 0.29) is 5.91 Å². The molecular weight excluding hydrogens is 392 g/mol.